The minimum absolute atomic E-state index is 0.0564. The summed E-state index contributed by atoms with van der Waals surface area (Å²) in [6.45, 7) is 13.6. The van der Waals surface area contributed by atoms with Crippen molar-refractivity contribution in [1.29, 1.82) is 0 Å². The lowest BCUT2D eigenvalue weighted by molar-refractivity contribution is -0.144. The fourth-order valence-electron chi connectivity index (χ4n) is 2.29. The van der Waals surface area contributed by atoms with Crippen LogP contribution in [0.1, 0.15) is 33.3 Å². The SMILES string of the molecule is COc1ccc(CNCC(C(=O)O)C(C)O[Si](C)(C)C(C)(C)C)cc1. The quantitative estimate of drug-likeness (QED) is 0.648. The number of hydrogen-bond acceptors (Lipinski definition) is 4. The second kappa shape index (κ2) is 8.83. The van der Waals surface area contributed by atoms with E-state index in [1.165, 1.54) is 0 Å². The molecule has 6 heteroatoms. The number of ether oxygens (including phenoxy) is 1. The molecule has 0 aliphatic heterocycles. The van der Waals surface area contributed by atoms with Crippen LogP contribution >= 0.6 is 0 Å². The Morgan fingerprint density at radius 1 is 1.24 bits per heavy atom. The molecule has 1 aromatic rings. The molecule has 0 aliphatic rings. The second-order valence-electron chi connectivity index (χ2n) is 8.01. The summed E-state index contributed by atoms with van der Waals surface area (Å²) in [5, 5.41) is 12.9. The highest BCUT2D eigenvalue weighted by Crippen LogP contribution is 2.38. The zero-order chi connectivity index (χ0) is 19.3. The third-order valence-corrected chi connectivity index (χ3v) is 9.60. The maximum absolute atomic E-state index is 11.7. The molecule has 0 saturated heterocycles. The van der Waals surface area contributed by atoms with Gasteiger partial charge in [0.25, 0.3) is 0 Å². The zero-order valence-electron chi connectivity index (χ0n) is 16.6. The van der Waals surface area contributed by atoms with Crippen molar-refractivity contribution in [3.63, 3.8) is 0 Å². The molecule has 1 rings (SSSR count). The summed E-state index contributed by atoms with van der Waals surface area (Å²) < 4.78 is 11.4. The lowest BCUT2D eigenvalue weighted by Crippen LogP contribution is -2.47. The Bertz CT molecular complexity index is 552. The van der Waals surface area contributed by atoms with Gasteiger partial charge in [-0.2, -0.15) is 0 Å². The minimum Gasteiger partial charge on any atom is -0.497 e. The molecule has 1 aromatic carbocycles. The lowest BCUT2D eigenvalue weighted by Gasteiger charge is -2.39. The van der Waals surface area contributed by atoms with Crippen molar-refractivity contribution in [2.75, 3.05) is 13.7 Å². The summed E-state index contributed by atoms with van der Waals surface area (Å²) in [5.41, 5.74) is 1.09. The number of nitrogens with one attached hydrogen (secondary N) is 1. The van der Waals surface area contributed by atoms with Gasteiger partial charge in [0, 0.05) is 13.1 Å². The number of benzene rings is 1. The maximum atomic E-state index is 11.7. The van der Waals surface area contributed by atoms with E-state index >= 15 is 0 Å². The Balaban J connectivity index is 2.62. The third kappa shape index (κ3) is 6.45. The van der Waals surface area contributed by atoms with Gasteiger partial charge in [0.1, 0.15) is 5.75 Å². The highest BCUT2D eigenvalue weighted by atomic mass is 28.4. The highest BCUT2D eigenvalue weighted by Gasteiger charge is 2.40. The van der Waals surface area contributed by atoms with Crippen molar-refractivity contribution in [1.82, 2.24) is 5.32 Å². The number of methoxy groups -OCH3 is 1. The Kier molecular flexibility index (Phi) is 7.65. The molecule has 0 bridgehead atoms. The van der Waals surface area contributed by atoms with Gasteiger partial charge < -0.3 is 19.6 Å². The van der Waals surface area contributed by atoms with Crippen LogP contribution in [0.2, 0.25) is 18.1 Å². The number of aliphatic carboxylic acids is 1. The van der Waals surface area contributed by atoms with E-state index < -0.39 is 20.2 Å². The molecule has 0 fully saturated rings. The van der Waals surface area contributed by atoms with Crippen LogP contribution in [0.4, 0.5) is 0 Å². The lowest BCUT2D eigenvalue weighted by atomic mass is 10.0. The van der Waals surface area contributed by atoms with E-state index in [2.05, 4.69) is 39.2 Å². The Morgan fingerprint density at radius 2 is 1.80 bits per heavy atom. The second-order valence-corrected chi connectivity index (χ2v) is 12.8. The number of carbonyl (C=O) groups is 1. The fourth-order valence-corrected chi connectivity index (χ4v) is 3.74. The summed E-state index contributed by atoms with van der Waals surface area (Å²) in [6, 6.07) is 7.73. The van der Waals surface area contributed by atoms with E-state index in [-0.39, 0.29) is 11.1 Å². The number of carboxylic acid groups (broad SMARTS) is 1. The molecule has 0 spiro atoms. The molecule has 0 aliphatic carbocycles. The Labute approximate surface area is 152 Å². The van der Waals surface area contributed by atoms with Crippen molar-refractivity contribution in [2.45, 2.75) is 58.5 Å². The van der Waals surface area contributed by atoms with E-state index in [1.807, 2.05) is 31.2 Å². The van der Waals surface area contributed by atoms with Crippen molar-refractivity contribution in [3.05, 3.63) is 29.8 Å². The first kappa shape index (κ1) is 21.7. The number of carboxylic acids is 1. The van der Waals surface area contributed by atoms with Crippen LogP contribution in [0, 0.1) is 5.92 Å². The van der Waals surface area contributed by atoms with Crippen LogP contribution in [-0.2, 0) is 15.8 Å². The molecule has 0 amide bonds. The topological polar surface area (TPSA) is 67.8 Å². The molecule has 142 valence electrons. The molecule has 0 saturated carbocycles. The van der Waals surface area contributed by atoms with Gasteiger partial charge >= 0.3 is 5.97 Å². The molecule has 2 N–H and O–H groups in total. The van der Waals surface area contributed by atoms with E-state index in [0.717, 1.165) is 11.3 Å². The predicted octanol–water partition coefficient (Wildman–Crippen LogP) is 3.90. The van der Waals surface area contributed by atoms with Gasteiger partial charge in [0.2, 0.25) is 0 Å². The molecular formula is C19H33NO4Si. The highest BCUT2D eigenvalue weighted by molar-refractivity contribution is 6.74. The number of rotatable bonds is 9. The van der Waals surface area contributed by atoms with Crippen molar-refractivity contribution in [3.8, 4) is 5.75 Å². The van der Waals surface area contributed by atoms with Gasteiger partial charge in [0.15, 0.2) is 8.32 Å². The first-order valence-corrected chi connectivity index (χ1v) is 11.6. The molecule has 2 atom stereocenters. The summed E-state index contributed by atoms with van der Waals surface area (Å²) in [4.78, 5) is 11.7. The van der Waals surface area contributed by atoms with Gasteiger partial charge in [0.05, 0.1) is 19.1 Å². The van der Waals surface area contributed by atoms with Gasteiger partial charge in [-0.05, 0) is 42.8 Å². The van der Waals surface area contributed by atoms with Gasteiger partial charge in [-0.25, -0.2) is 0 Å². The average Bonchev–Trinajstić information content (AvgIpc) is 2.50. The minimum atomic E-state index is -2.00. The molecule has 0 heterocycles. The third-order valence-electron chi connectivity index (χ3n) is 5.02. The number of hydrogen-bond donors (Lipinski definition) is 2. The monoisotopic (exact) mass is 367 g/mol. The summed E-state index contributed by atoms with van der Waals surface area (Å²) in [7, 11) is -0.362. The van der Waals surface area contributed by atoms with Crippen molar-refractivity contribution >= 4 is 14.3 Å². The van der Waals surface area contributed by atoms with E-state index in [0.29, 0.717) is 13.1 Å². The van der Waals surface area contributed by atoms with Crippen molar-refractivity contribution in [2.24, 2.45) is 5.92 Å². The molecule has 2 unspecified atom stereocenters. The molecular weight excluding hydrogens is 334 g/mol. The van der Waals surface area contributed by atoms with Gasteiger partial charge in [-0.1, -0.05) is 32.9 Å². The molecule has 0 radical (unpaired) electrons. The largest absolute Gasteiger partial charge is 0.497 e. The summed E-state index contributed by atoms with van der Waals surface area (Å²) >= 11 is 0. The standard InChI is InChI=1S/C19H33NO4Si/c1-14(24-25(6,7)19(2,3)4)17(18(21)22)13-20-12-15-8-10-16(23-5)11-9-15/h8-11,14,17,20H,12-13H2,1-7H3,(H,21,22). The van der Waals surface area contributed by atoms with Crippen LogP contribution in [-0.4, -0.2) is 39.2 Å². The smallest absolute Gasteiger partial charge is 0.310 e. The van der Waals surface area contributed by atoms with Crippen LogP contribution in [0.5, 0.6) is 5.75 Å². The molecule has 25 heavy (non-hydrogen) atoms. The van der Waals surface area contributed by atoms with Crippen LogP contribution in [0.25, 0.3) is 0 Å². The van der Waals surface area contributed by atoms with Gasteiger partial charge in [-0.3, -0.25) is 4.79 Å². The fraction of sp³-hybridized carbons (Fsp3) is 0.632. The van der Waals surface area contributed by atoms with Gasteiger partial charge in [-0.15, -0.1) is 0 Å². The summed E-state index contributed by atoms with van der Waals surface area (Å²) in [6.07, 6.45) is -0.332. The van der Waals surface area contributed by atoms with E-state index in [1.54, 1.807) is 7.11 Å². The average molecular weight is 368 g/mol. The first-order chi connectivity index (χ1) is 11.5. The van der Waals surface area contributed by atoms with E-state index in [4.69, 9.17) is 9.16 Å². The maximum Gasteiger partial charge on any atom is 0.310 e. The van der Waals surface area contributed by atoms with Crippen LogP contribution in [0.3, 0.4) is 0 Å². The zero-order valence-corrected chi connectivity index (χ0v) is 17.6. The molecule has 0 aromatic heterocycles. The van der Waals surface area contributed by atoms with E-state index in [9.17, 15) is 9.90 Å². The predicted molar refractivity (Wildman–Crippen MR) is 104 cm³/mol. The Hall–Kier alpha value is -1.37. The first-order valence-electron chi connectivity index (χ1n) is 8.72. The normalized spacial score (nSPS) is 14.8. The van der Waals surface area contributed by atoms with Crippen molar-refractivity contribution < 1.29 is 19.1 Å². The van der Waals surface area contributed by atoms with Crippen LogP contribution < -0.4 is 10.1 Å². The van der Waals surface area contributed by atoms with Crippen LogP contribution in [0.15, 0.2) is 24.3 Å². The molecule has 5 nitrogen and oxygen atoms in total. The summed E-state index contributed by atoms with van der Waals surface area (Å²) in [5.74, 6) is -0.593. The Morgan fingerprint density at radius 3 is 2.24 bits per heavy atom.